The summed E-state index contributed by atoms with van der Waals surface area (Å²) in [5.41, 5.74) is 0.725. The van der Waals surface area contributed by atoms with Crippen LogP contribution in [0.4, 0.5) is 5.69 Å². The number of hydrogen-bond acceptors (Lipinski definition) is 6. The molecule has 3 amide bonds. The highest BCUT2D eigenvalue weighted by atomic mass is 32.2. The molecule has 1 unspecified atom stereocenters. The third-order valence-corrected chi connectivity index (χ3v) is 9.42. The number of benzene rings is 1. The van der Waals surface area contributed by atoms with Crippen LogP contribution in [0.5, 0.6) is 5.75 Å². The third kappa shape index (κ3) is 3.84. The van der Waals surface area contributed by atoms with Gasteiger partial charge in [-0.05, 0) is 37.1 Å². The molecule has 1 aromatic carbocycles. The minimum Gasteiger partial charge on any atom is -0.497 e. The first kappa shape index (κ1) is 24.9. The van der Waals surface area contributed by atoms with E-state index in [4.69, 9.17) is 4.74 Å². The van der Waals surface area contributed by atoms with Gasteiger partial charge in [-0.2, -0.15) is 0 Å². The number of anilines is 1. The maximum absolute atomic E-state index is 14.2. The van der Waals surface area contributed by atoms with Gasteiger partial charge in [0.05, 0.1) is 23.7 Å². The summed E-state index contributed by atoms with van der Waals surface area (Å²) in [7, 11) is 1.60. The number of carbonyl (C=O) groups excluding carboxylic acids is 3. The molecule has 5 rings (SSSR count). The summed E-state index contributed by atoms with van der Waals surface area (Å²) in [5.74, 6) is -0.773. The molecule has 4 aliphatic rings. The Hall–Kier alpha value is -2.78. The molecular weight excluding hydrogens is 478 g/mol. The molecule has 2 fully saturated rings. The number of thioether (sulfide) groups is 1. The lowest BCUT2D eigenvalue weighted by molar-refractivity contribution is -0.142. The fourth-order valence-electron chi connectivity index (χ4n) is 6.14. The van der Waals surface area contributed by atoms with Crippen molar-refractivity contribution in [2.75, 3.05) is 44.8 Å². The van der Waals surface area contributed by atoms with Gasteiger partial charge in [-0.1, -0.05) is 31.2 Å². The lowest BCUT2D eigenvalue weighted by atomic mass is 9.78. The molecule has 0 saturated carbocycles. The van der Waals surface area contributed by atoms with Gasteiger partial charge >= 0.3 is 0 Å². The monoisotopic (exact) mass is 511 g/mol. The third-order valence-electron chi connectivity index (χ3n) is 7.68. The van der Waals surface area contributed by atoms with Crippen LogP contribution in [-0.2, 0) is 14.4 Å². The molecule has 0 aliphatic carbocycles. The van der Waals surface area contributed by atoms with Gasteiger partial charge < -0.3 is 24.5 Å². The molecule has 9 heteroatoms. The second-order valence-electron chi connectivity index (χ2n) is 9.71. The summed E-state index contributed by atoms with van der Waals surface area (Å²) in [6.07, 6.45) is 9.29. The molecule has 1 spiro atoms. The molecule has 4 heterocycles. The van der Waals surface area contributed by atoms with Crippen LogP contribution in [0.25, 0.3) is 0 Å². The zero-order chi connectivity index (χ0) is 25.4. The Morgan fingerprint density at radius 2 is 1.83 bits per heavy atom. The van der Waals surface area contributed by atoms with Gasteiger partial charge in [-0.25, -0.2) is 0 Å². The Morgan fingerprint density at radius 3 is 2.53 bits per heavy atom. The standard InChI is InChI=1S/C27H33N3O5S/c1-3-13-28-14-4-7-20-21(24(28)32)22-25(33)30(16-6-17-31)23-26(34)29(15-5-12-27(22,23)36-20)18-8-10-19(35-2)11-9-18/h4-5,7-12,20-23,31H,3,6,13-17H2,1-2H3/t20-,21+,22+,23?,27+/m1/s1. The van der Waals surface area contributed by atoms with Crippen LogP contribution in [0.15, 0.2) is 48.6 Å². The Balaban J connectivity index is 1.57. The molecule has 36 heavy (non-hydrogen) atoms. The summed E-state index contributed by atoms with van der Waals surface area (Å²) < 4.78 is 4.43. The van der Waals surface area contributed by atoms with E-state index in [-0.39, 0.29) is 36.1 Å². The highest BCUT2D eigenvalue weighted by Crippen LogP contribution is 2.61. The molecule has 5 atom stereocenters. The van der Waals surface area contributed by atoms with Crippen molar-refractivity contribution in [3.63, 3.8) is 0 Å². The largest absolute Gasteiger partial charge is 0.497 e. The Kier molecular flexibility index (Phi) is 6.87. The second kappa shape index (κ2) is 9.94. The lowest BCUT2D eigenvalue weighted by Gasteiger charge is -2.35. The number of hydrogen-bond donors (Lipinski definition) is 1. The first-order valence-electron chi connectivity index (χ1n) is 12.6. The summed E-state index contributed by atoms with van der Waals surface area (Å²) in [6, 6.07) is 6.56. The van der Waals surface area contributed by atoms with Crippen LogP contribution in [0, 0.1) is 11.8 Å². The molecule has 1 N–H and O–H groups in total. The molecule has 2 saturated heterocycles. The average Bonchev–Trinajstić information content (AvgIpc) is 3.20. The first-order valence-corrected chi connectivity index (χ1v) is 13.5. The minimum atomic E-state index is -0.838. The van der Waals surface area contributed by atoms with Crippen molar-refractivity contribution < 1.29 is 24.2 Å². The fourth-order valence-corrected chi connectivity index (χ4v) is 8.14. The van der Waals surface area contributed by atoms with Gasteiger partial charge in [0.15, 0.2) is 0 Å². The van der Waals surface area contributed by atoms with E-state index in [0.717, 1.165) is 12.1 Å². The zero-order valence-corrected chi connectivity index (χ0v) is 21.5. The van der Waals surface area contributed by atoms with E-state index in [1.165, 1.54) is 0 Å². The SMILES string of the molecule is CCCN1CC=C[C@H]2S[C@]34C=CCN(c5ccc(OC)cc5)C(=O)C3N(CCCO)C(=O)[C@@H]4[C@H]2C1=O. The van der Waals surface area contributed by atoms with Crippen molar-refractivity contribution in [2.45, 2.75) is 35.8 Å². The number of ether oxygens (including phenoxy) is 1. The molecule has 0 bridgehead atoms. The number of aliphatic hydroxyl groups is 1. The van der Waals surface area contributed by atoms with Gasteiger partial charge in [0.25, 0.3) is 5.91 Å². The molecular formula is C27H33N3O5S. The van der Waals surface area contributed by atoms with Gasteiger partial charge in [-0.15, -0.1) is 11.8 Å². The van der Waals surface area contributed by atoms with Crippen molar-refractivity contribution in [1.29, 1.82) is 0 Å². The maximum atomic E-state index is 14.2. The lowest BCUT2D eigenvalue weighted by Crippen LogP contribution is -2.53. The summed E-state index contributed by atoms with van der Waals surface area (Å²) in [4.78, 5) is 47.2. The number of fused-ring (bicyclic) bond motifs is 2. The number of rotatable bonds is 7. The van der Waals surface area contributed by atoms with E-state index < -0.39 is 22.6 Å². The Morgan fingerprint density at radius 1 is 1.06 bits per heavy atom. The fraction of sp³-hybridized carbons (Fsp3) is 0.519. The van der Waals surface area contributed by atoms with Crippen molar-refractivity contribution in [3.05, 3.63) is 48.6 Å². The first-order chi connectivity index (χ1) is 17.5. The highest BCUT2D eigenvalue weighted by Gasteiger charge is 2.70. The van der Waals surface area contributed by atoms with E-state index in [2.05, 4.69) is 6.08 Å². The Bertz CT molecular complexity index is 1090. The minimum absolute atomic E-state index is 0.00515. The molecule has 8 nitrogen and oxygen atoms in total. The van der Waals surface area contributed by atoms with E-state index in [1.807, 2.05) is 54.3 Å². The van der Waals surface area contributed by atoms with E-state index in [9.17, 15) is 19.5 Å². The second-order valence-corrected chi connectivity index (χ2v) is 11.2. The smallest absolute Gasteiger partial charge is 0.251 e. The summed E-state index contributed by atoms with van der Waals surface area (Å²) in [6.45, 7) is 3.80. The quantitative estimate of drug-likeness (QED) is 0.564. The van der Waals surface area contributed by atoms with Crippen molar-refractivity contribution in [3.8, 4) is 5.75 Å². The van der Waals surface area contributed by atoms with Crippen LogP contribution >= 0.6 is 11.8 Å². The van der Waals surface area contributed by atoms with Crippen LogP contribution in [0.1, 0.15) is 19.8 Å². The van der Waals surface area contributed by atoms with E-state index >= 15 is 0 Å². The predicted molar refractivity (Wildman–Crippen MR) is 139 cm³/mol. The van der Waals surface area contributed by atoms with Gasteiger partial charge in [-0.3, -0.25) is 14.4 Å². The van der Waals surface area contributed by atoms with E-state index in [1.54, 1.807) is 28.7 Å². The van der Waals surface area contributed by atoms with Crippen LogP contribution in [0.3, 0.4) is 0 Å². The van der Waals surface area contributed by atoms with Crippen LogP contribution in [-0.4, -0.2) is 88.6 Å². The maximum Gasteiger partial charge on any atom is 0.251 e. The molecule has 192 valence electrons. The number of nitrogens with zero attached hydrogens (tertiary/aromatic N) is 3. The molecule has 1 aromatic rings. The highest BCUT2D eigenvalue weighted by molar-refractivity contribution is 8.02. The topological polar surface area (TPSA) is 90.4 Å². The van der Waals surface area contributed by atoms with Crippen molar-refractivity contribution >= 4 is 35.2 Å². The summed E-state index contributed by atoms with van der Waals surface area (Å²) in [5, 5.41) is 9.37. The Labute approximate surface area is 215 Å². The number of methoxy groups -OCH3 is 1. The van der Waals surface area contributed by atoms with Gasteiger partial charge in [0, 0.05) is 43.7 Å². The number of aliphatic hydroxyl groups excluding tert-OH is 1. The zero-order valence-electron chi connectivity index (χ0n) is 20.7. The molecule has 4 aliphatic heterocycles. The average molecular weight is 512 g/mol. The van der Waals surface area contributed by atoms with Crippen LogP contribution in [0.2, 0.25) is 0 Å². The summed E-state index contributed by atoms with van der Waals surface area (Å²) >= 11 is 1.58. The van der Waals surface area contributed by atoms with Crippen molar-refractivity contribution in [1.82, 2.24) is 9.80 Å². The normalized spacial score (nSPS) is 31.3. The van der Waals surface area contributed by atoms with Gasteiger partial charge in [0.2, 0.25) is 11.8 Å². The van der Waals surface area contributed by atoms with Gasteiger partial charge in [0.1, 0.15) is 11.8 Å². The molecule has 0 radical (unpaired) electrons. The number of likely N-dealkylation sites (tertiary alicyclic amines) is 1. The molecule has 0 aromatic heterocycles. The number of amides is 3. The predicted octanol–water partition coefficient (Wildman–Crippen LogP) is 2.09. The van der Waals surface area contributed by atoms with Crippen LogP contribution < -0.4 is 9.64 Å². The number of carbonyl (C=O) groups is 3. The van der Waals surface area contributed by atoms with E-state index in [0.29, 0.717) is 31.8 Å². The van der Waals surface area contributed by atoms with Crippen molar-refractivity contribution in [2.24, 2.45) is 11.8 Å².